The van der Waals surface area contributed by atoms with Crippen LogP contribution in [0.15, 0.2) is 71.8 Å². The summed E-state index contributed by atoms with van der Waals surface area (Å²) in [7, 11) is 0. The number of anilines is 1. The molecular formula is C23H19Cl2N3O2. The number of benzene rings is 3. The molecule has 0 saturated carbocycles. The van der Waals surface area contributed by atoms with E-state index in [0.29, 0.717) is 27.5 Å². The second-order valence-electron chi connectivity index (χ2n) is 6.67. The number of carbonyl (C=O) groups is 2. The number of halogens is 2. The molecule has 152 valence electrons. The van der Waals surface area contributed by atoms with Crippen molar-refractivity contribution >= 4 is 46.4 Å². The maximum atomic E-state index is 12.5. The number of amides is 2. The molecule has 0 aliphatic rings. The minimum absolute atomic E-state index is 0.271. The quantitative estimate of drug-likeness (QED) is 0.394. The largest absolute Gasteiger partial charge is 0.322 e. The van der Waals surface area contributed by atoms with Gasteiger partial charge in [-0.05, 0) is 61.9 Å². The van der Waals surface area contributed by atoms with Crippen molar-refractivity contribution in [3.05, 3.63) is 99.0 Å². The highest BCUT2D eigenvalue weighted by Crippen LogP contribution is 2.22. The van der Waals surface area contributed by atoms with Gasteiger partial charge in [0.25, 0.3) is 11.8 Å². The topological polar surface area (TPSA) is 70.6 Å². The number of hydrogen-bond donors (Lipinski definition) is 2. The predicted molar refractivity (Wildman–Crippen MR) is 122 cm³/mol. The van der Waals surface area contributed by atoms with Crippen LogP contribution < -0.4 is 10.7 Å². The molecule has 5 nitrogen and oxygen atoms in total. The van der Waals surface area contributed by atoms with Gasteiger partial charge in [0.05, 0.1) is 16.3 Å². The zero-order chi connectivity index (χ0) is 21.7. The fourth-order valence-corrected chi connectivity index (χ4v) is 3.24. The number of hydrogen-bond acceptors (Lipinski definition) is 3. The number of aryl methyl sites for hydroxylation is 1. The molecule has 2 amide bonds. The van der Waals surface area contributed by atoms with E-state index in [9.17, 15) is 9.59 Å². The number of carbonyl (C=O) groups excluding carboxylic acids is 2. The molecule has 7 heteroatoms. The molecule has 3 rings (SSSR count). The molecule has 2 N–H and O–H groups in total. The van der Waals surface area contributed by atoms with E-state index in [0.717, 1.165) is 11.1 Å². The number of hydrazone groups is 1. The van der Waals surface area contributed by atoms with Crippen LogP contribution >= 0.6 is 23.2 Å². The van der Waals surface area contributed by atoms with Crippen molar-refractivity contribution in [2.24, 2.45) is 5.10 Å². The molecule has 3 aromatic rings. The van der Waals surface area contributed by atoms with Crippen LogP contribution in [0.2, 0.25) is 10.0 Å². The molecule has 0 saturated heterocycles. The Kier molecular flexibility index (Phi) is 6.87. The molecule has 0 unspecified atom stereocenters. The highest BCUT2D eigenvalue weighted by Gasteiger charge is 2.12. The van der Waals surface area contributed by atoms with Crippen molar-refractivity contribution in [1.82, 2.24) is 5.43 Å². The van der Waals surface area contributed by atoms with Gasteiger partial charge in [-0.1, -0.05) is 53.0 Å². The Bertz CT molecular complexity index is 1140. The van der Waals surface area contributed by atoms with Crippen molar-refractivity contribution in [2.75, 3.05) is 5.32 Å². The predicted octanol–water partition coefficient (Wildman–Crippen LogP) is 5.71. The molecule has 0 radical (unpaired) electrons. The van der Waals surface area contributed by atoms with E-state index in [-0.39, 0.29) is 16.8 Å². The van der Waals surface area contributed by atoms with Gasteiger partial charge >= 0.3 is 0 Å². The summed E-state index contributed by atoms with van der Waals surface area (Å²) in [6.45, 7) is 3.69. The summed E-state index contributed by atoms with van der Waals surface area (Å²) < 4.78 is 0. The SMILES string of the molecule is C/C(=N/NC(=O)c1cccc(C)c1)c1cccc(NC(=O)c2ccc(Cl)cc2Cl)c1. The fourth-order valence-electron chi connectivity index (χ4n) is 2.74. The van der Waals surface area contributed by atoms with Crippen LogP contribution in [0.25, 0.3) is 0 Å². The monoisotopic (exact) mass is 439 g/mol. The Balaban J connectivity index is 1.71. The van der Waals surface area contributed by atoms with Crippen LogP contribution in [0.5, 0.6) is 0 Å². The zero-order valence-corrected chi connectivity index (χ0v) is 17.9. The Hall–Kier alpha value is -3.15. The van der Waals surface area contributed by atoms with Gasteiger partial charge in [0.15, 0.2) is 0 Å². The maximum absolute atomic E-state index is 12.5. The summed E-state index contributed by atoms with van der Waals surface area (Å²) in [5.74, 6) is -0.643. The van der Waals surface area contributed by atoms with Crippen molar-refractivity contribution in [3.8, 4) is 0 Å². The van der Waals surface area contributed by atoms with Gasteiger partial charge in [0.1, 0.15) is 0 Å². The molecule has 30 heavy (non-hydrogen) atoms. The molecule has 0 aromatic heterocycles. The molecule has 0 aliphatic heterocycles. The minimum atomic E-state index is -0.351. The van der Waals surface area contributed by atoms with Crippen LogP contribution in [0.3, 0.4) is 0 Å². The highest BCUT2D eigenvalue weighted by atomic mass is 35.5. The first-order chi connectivity index (χ1) is 14.3. The van der Waals surface area contributed by atoms with E-state index < -0.39 is 0 Å². The second-order valence-corrected chi connectivity index (χ2v) is 7.51. The Labute approximate surface area is 184 Å². The lowest BCUT2D eigenvalue weighted by Crippen LogP contribution is -2.19. The Morgan fingerprint density at radius 3 is 2.33 bits per heavy atom. The Morgan fingerprint density at radius 2 is 1.60 bits per heavy atom. The van der Waals surface area contributed by atoms with E-state index in [4.69, 9.17) is 23.2 Å². The van der Waals surface area contributed by atoms with Crippen LogP contribution in [-0.2, 0) is 0 Å². The molecule has 0 spiro atoms. The summed E-state index contributed by atoms with van der Waals surface area (Å²) in [5, 5.41) is 7.70. The van der Waals surface area contributed by atoms with E-state index >= 15 is 0 Å². The Morgan fingerprint density at radius 1 is 0.867 bits per heavy atom. The lowest BCUT2D eigenvalue weighted by molar-refractivity contribution is 0.0954. The van der Waals surface area contributed by atoms with E-state index in [1.807, 2.05) is 25.1 Å². The van der Waals surface area contributed by atoms with Gasteiger partial charge < -0.3 is 5.32 Å². The van der Waals surface area contributed by atoms with Crippen molar-refractivity contribution in [2.45, 2.75) is 13.8 Å². The first-order valence-electron chi connectivity index (χ1n) is 9.11. The molecular weight excluding hydrogens is 421 g/mol. The van der Waals surface area contributed by atoms with Crippen LogP contribution in [0, 0.1) is 6.92 Å². The normalized spacial score (nSPS) is 11.1. The highest BCUT2D eigenvalue weighted by molar-refractivity contribution is 6.37. The summed E-state index contributed by atoms with van der Waals surface area (Å²) in [5.41, 5.74) is 6.32. The lowest BCUT2D eigenvalue weighted by atomic mass is 10.1. The molecule has 0 heterocycles. The average Bonchev–Trinajstić information content (AvgIpc) is 2.71. The van der Waals surface area contributed by atoms with Gasteiger partial charge in [-0.3, -0.25) is 9.59 Å². The van der Waals surface area contributed by atoms with Gasteiger partial charge in [-0.25, -0.2) is 5.43 Å². The second kappa shape index (κ2) is 9.57. The van der Waals surface area contributed by atoms with Crippen LogP contribution in [0.1, 0.15) is 38.8 Å². The molecule has 0 aliphatic carbocycles. The van der Waals surface area contributed by atoms with Crippen molar-refractivity contribution in [1.29, 1.82) is 0 Å². The van der Waals surface area contributed by atoms with Gasteiger partial charge in [-0.2, -0.15) is 5.10 Å². The average molecular weight is 440 g/mol. The fraction of sp³-hybridized carbons (Fsp3) is 0.0870. The minimum Gasteiger partial charge on any atom is -0.322 e. The van der Waals surface area contributed by atoms with Crippen LogP contribution in [0.4, 0.5) is 5.69 Å². The first-order valence-corrected chi connectivity index (χ1v) is 9.87. The third kappa shape index (κ3) is 5.47. The first kappa shape index (κ1) is 21.6. The molecule has 0 atom stereocenters. The summed E-state index contributed by atoms with van der Waals surface area (Å²) >= 11 is 12.0. The van der Waals surface area contributed by atoms with E-state index in [1.165, 1.54) is 6.07 Å². The van der Waals surface area contributed by atoms with Crippen molar-refractivity contribution in [3.63, 3.8) is 0 Å². The summed E-state index contributed by atoms with van der Waals surface area (Å²) in [4.78, 5) is 24.8. The van der Waals surface area contributed by atoms with Crippen LogP contribution in [-0.4, -0.2) is 17.5 Å². The van der Waals surface area contributed by atoms with Crippen molar-refractivity contribution < 1.29 is 9.59 Å². The van der Waals surface area contributed by atoms with Gasteiger partial charge in [-0.15, -0.1) is 0 Å². The summed E-state index contributed by atoms with van der Waals surface area (Å²) in [6.07, 6.45) is 0. The lowest BCUT2D eigenvalue weighted by Gasteiger charge is -2.09. The maximum Gasteiger partial charge on any atom is 0.271 e. The molecule has 3 aromatic carbocycles. The van der Waals surface area contributed by atoms with Gasteiger partial charge in [0, 0.05) is 16.3 Å². The zero-order valence-electron chi connectivity index (χ0n) is 16.4. The summed E-state index contributed by atoms with van der Waals surface area (Å²) in [6, 6.07) is 19.1. The third-order valence-corrected chi connectivity index (χ3v) is 4.87. The standard InChI is InChI=1S/C23H19Cl2N3O2/c1-14-5-3-7-17(11-14)22(29)28-27-15(2)16-6-4-8-19(12-16)26-23(30)20-10-9-18(24)13-21(20)25/h3-13H,1-2H3,(H,26,30)(H,28,29)/b27-15-. The van der Waals surface area contributed by atoms with Gasteiger partial charge in [0.2, 0.25) is 0 Å². The van der Waals surface area contributed by atoms with E-state index in [2.05, 4.69) is 15.8 Å². The molecule has 0 fully saturated rings. The number of rotatable bonds is 5. The third-order valence-electron chi connectivity index (χ3n) is 4.32. The smallest absolute Gasteiger partial charge is 0.271 e. The number of nitrogens with one attached hydrogen (secondary N) is 2. The van der Waals surface area contributed by atoms with E-state index in [1.54, 1.807) is 49.4 Å². The number of nitrogens with zero attached hydrogens (tertiary/aromatic N) is 1. The molecule has 0 bridgehead atoms.